The van der Waals surface area contributed by atoms with E-state index in [9.17, 15) is 13.2 Å². The van der Waals surface area contributed by atoms with Crippen molar-refractivity contribution in [2.75, 3.05) is 11.9 Å². The molecule has 1 nitrogen and oxygen atoms in total. The molecular formula is C16H20F3N. The maximum absolute atomic E-state index is 12.9. The van der Waals surface area contributed by atoms with Gasteiger partial charge >= 0.3 is 6.18 Å². The summed E-state index contributed by atoms with van der Waals surface area (Å²) < 4.78 is 38.7. The molecule has 0 bridgehead atoms. The van der Waals surface area contributed by atoms with Crippen molar-refractivity contribution in [3.63, 3.8) is 0 Å². The predicted molar refractivity (Wildman–Crippen MR) is 73.8 cm³/mol. The molecule has 0 amide bonds. The summed E-state index contributed by atoms with van der Waals surface area (Å²) in [4.78, 5) is 0. The van der Waals surface area contributed by atoms with Crippen LogP contribution in [0.25, 0.3) is 0 Å². The Morgan fingerprint density at radius 1 is 1.25 bits per heavy atom. The fourth-order valence-electron chi connectivity index (χ4n) is 3.76. The molecular weight excluding hydrogens is 263 g/mol. The lowest BCUT2D eigenvalue weighted by Crippen LogP contribution is -2.33. The second kappa shape index (κ2) is 4.97. The van der Waals surface area contributed by atoms with Gasteiger partial charge in [-0.25, -0.2) is 0 Å². The number of alkyl halides is 3. The van der Waals surface area contributed by atoms with Crippen LogP contribution in [0, 0.1) is 11.8 Å². The topological polar surface area (TPSA) is 12.0 Å². The summed E-state index contributed by atoms with van der Waals surface area (Å²) in [6.07, 6.45) is 0.266. The molecule has 3 rings (SSSR count). The highest BCUT2D eigenvalue weighted by Crippen LogP contribution is 2.47. The Labute approximate surface area is 117 Å². The average molecular weight is 283 g/mol. The van der Waals surface area contributed by atoms with Gasteiger partial charge in [-0.15, -0.1) is 0 Å². The zero-order chi connectivity index (χ0) is 14.3. The SMILES string of the molecule is CCC1CCC2CNc3ccc(C(F)(F)F)cc3C2C1. The van der Waals surface area contributed by atoms with Crippen molar-refractivity contribution in [2.45, 2.75) is 44.7 Å². The summed E-state index contributed by atoms with van der Waals surface area (Å²) in [5.41, 5.74) is 1.27. The van der Waals surface area contributed by atoms with Crippen LogP contribution in [0.4, 0.5) is 18.9 Å². The molecule has 1 aliphatic heterocycles. The molecule has 110 valence electrons. The maximum Gasteiger partial charge on any atom is 0.416 e. The minimum Gasteiger partial charge on any atom is -0.385 e. The van der Waals surface area contributed by atoms with Gasteiger partial charge in [-0.1, -0.05) is 19.8 Å². The summed E-state index contributed by atoms with van der Waals surface area (Å²) in [6, 6.07) is 4.16. The van der Waals surface area contributed by atoms with Gasteiger partial charge in [0.25, 0.3) is 0 Å². The third kappa shape index (κ3) is 2.40. The minimum atomic E-state index is -4.25. The van der Waals surface area contributed by atoms with Crippen LogP contribution in [0.1, 0.15) is 49.7 Å². The molecule has 0 saturated heterocycles. The largest absolute Gasteiger partial charge is 0.416 e. The number of anilines is 1. The third-order valence-electron chi connectivity index (χ3n) is 5.01. The van der Waals surface area contributed by atoms with E-state index in [0.29, 0.717) is 17.8 Å². The molecule has 1 aliphatic carbocycles. The molecule has 1 N–H and O–H groups in total. The second-order valence-corrected chi connectivity index (χ2v) is 6.13. The van der Waals surface area contributed by atoms with E-state index in [1.54, 1.807) is 6.07 Å². The molecule has 3 unspecified atom stereocenters. The first-order valence-corrected chi connectivity index (χ1v) is 7.44. The average Bonchev–Trinajstić information content (AvgIpc) is 2.45. The summed E-state index contributed by atoms with van der Waals surface area (Å²) in [7, 11) is 0. The summed E-state index contributed by atoms with van der Waals surface area (Å²) >= 11 is 0. The zero-order valence-corrected chi connectivity index (χ0v) is 11.6. The Kier molecular flexibility index (Phi) is 3.43. The number of fused-ring (bicyclic) bond motifs is 3. The van der Waals surface area contributed by atoms with Crippen molar-refractivity contribution in [3.05, 3.63) is 29.3 Å². The van der Waals surface area contributed by atoms with Crippen molar-refractivity contribution in [2.24, 2.45) is 11.8 Å². The van der Waals surface area contributed by atoms with Crippen LogP contribution in [0.3, 0.4) is 0 Å². The van der Waals surface area contributed by atoms with Crippen molar-refractivity contribution in [3.8, 4) is 0 Å². The molecule has 0 aromatic heterocycles. The van der Waals surface area contributed by atoms with Crippen LogP contribution >= 0.6 is 0 Å². The van der Waals surface area contributed by atoms with E-state index in [-0.39, 0.29) is 0 Å². The Morgan fingerprint density at radius 2 is 2.05 bits per heavy atom. The normalized spacial score (nSPS) is 29.3. The van der Waals surface area contributed by atoms with Gasteiger partial charge in [0.15, 0.2) is 0 Å². The molecule has 4 heteroatoms. The van der Waals surface area contributed by atoms with Gasteiger partial charge in [0, 0.05) is 12.2 Å². The first kappa shape index (κ1) is 13.8. The summed E-state index contributed by atoms with van der Waals surface area (Å²) in [5, 5.41) is 3.31. The van der Waals surface area contributed by atoms with Gasteiger partial charge in [-0.2, -0.15) is 13.2 Å². The van der Waals surface area contributed by atoms with Crippen molar-refractivity contribution in [1.82, 2.24) is 0 Å². The minimum absolute atomic E-state index is 0.298. The lowest BCUT2D eigenvalue weighted by molar-refractivity contribution is -0.137. The monoisotopic (exact) mass is 283 g/mol. The Morgan fingerprint density at radius 3 is 2.75 bits per heavy atom. The molecule has 0 spiro atoms. The molecule has 1 aromatic rings. The Balaban J connectivity index is 1.96. The lowest BCUT2D eigenvalue weighted by atomic mass is 9.68. The van der Waals surface area contributed by atoms with Crippen LogP contribution in [0.2, 0.25) is 0 Å². The van der Waals surface area contributed by atoms with Crippen LogP contribution in [0.5, 0.6) is 0 Å². The highest BCUT2D eigenvalue weighted by molar-refractivity contribution is 5.57. The van der Waals surface area contributed by atoms with Gasteiger partial charge in [0.1, 0.15) is 0 Å². The zero-order valence-electron chi connectivity index (χ0n) is 11.6. The fraction of sp³-hybridized carbons (Fsp3) is 0.625. The summed E-state index contributed by atoms with van der Waals surface area (Å²) in [6.45, 7) is 3.08. The number of hydrogen-bond acceptors (Lipinski definition) is 1. The van der Waals surface area contributed by atoms with Gasteiger partial charge in [-0.05, 0) is 54.4 Å². The van der Waals surface area contributed by atoms with E-state index >= 15 is 0 Å². The van der Waals surface area contributed by atoms with Crippen molar-refractivity contribution < 1.29 is 13.2 Å². The van der Waals surface area contributed by atoms with E-state index in [0.717, 1.165) is 37.1 Å². The molecule has 1 heterocycles. The van der Waals surface area contributed by atoms with E-state index in [1.807, 2.05) is 0 Å². The predicted octanol–water partition coefficient (Wildman–Crippen LogP) is 5.04. The molecule has 3 atom stereocenters. The van der Waals surface area contributed by atoms with E-state index < -0.39 is 11.7 Å². The highest BCUT2D eigenvalue weighted by atomic mass is 19.4. The van der Waals surface area contributed by atoms with E-state index in [2.05, 4.69) is 12.2 Å². The van der Waals surface area contributed by atoms with Crippen molar-refractivity contribution in [1.29, 1.82) is 0 Å². The first-order valence-electron chi connectivity index (χ1n) is 7.44. The molecule has 0 radical (unpaired) electrons. The second-order valence-electron chi connectivity index (χ2n) is 6.13. The lowest BCUT2D eigenvalue weighted by Gasteiger charge is -2.41. The number of rotatable bonds is 1. The van der Waals surface area contributed by atoms with E-state index in [4.69, 9.17) is 0 Å². The standard InChI is InChI=1S/C16H20F3N/c1-2-10-3-4-11-9-20-15-6-5-12(16(17,18)19)8-14(15)13(11)7-10/h5-6,8,10-11,13,20H,2-4,7,9H2,1H3. The molecule has 1 fully saturated rings. The number of halogens is 3. The van der Waals surface area contributed by atoms with Crippen LogP contribution in [0.15, 0.2) is 18.2 Å². The third-order valence-corrected chi connectivity index (χ3v) is 5.01. The molecule has 20 heavy (non-hydrogen) atoms. The Bertz CT molecular complexity index is 495. The number of nitrogens with one attached hydrogen (secondary N) is 1. The van der Waals surface area contributed by atoms with Gasteiger partial charge < -0.3 is 5.32 Å². The maximum atomic E-state index is 12.9. The number of benzene rings is 1. The first-order chi connectivity index (χ1) is 9.49. The number of hydrogen-bond donors (Lipinski definition) is 1. The van der Waals surface area contributed by atoms with Gasteiger partial charge in [0.2, 0.25) is 0 Å². The molecule has 1 saturated carbocycles. The fourth-order valence-corrected chi connectivity index (χ4v) is 3.76. The van der Waals surface area contributed by atoms with Gasteiger partial charge in [0.05, 0.1) is 5.56 Å². The molecule has 2 aliphatic rings. The van der Waals surface area contributed by atoms with Gasteiger partial charge in [-0.3, -0.25) is 0 Å². The summed E-state index contributed by atoms with van der Waals surface area (Å²) in [5.74, 6) is 1.46. The smallest absolute Gasteiger partial charge is 0.385 e. The van der Waals surface area contributed by atoms with Crippen LogP contribution in [-0.4, -0.2) is 6.54 Å². The van der Waals surface area contributed by atoms with E-state index in [1.165, 1.54) is 18.6 Å². The van der Waals surface area contributed by atoms with Crippen LogP contribution < -0.4 is 5.32 Å². The quantitative estimate of drug-likeness (QED) is 0.761. The molecule has 1 aromatic carbocycles. The van der Waals surface area contributed by atoms with Crippen molar-refractivity contribution >= 4 is 5.69 Å². The highest BCUT2D eigenvalue weighted by Gasteiger charge is 2.37. The Hall–Kier alpha value is -1.19. The van der Waals surface area contributed by atoms with Crippen LogP contribution in [-0.2, 0) is 6.18 Å².